The minimum absolute atomic E-state index is 0.821. The fourth-order valence-corrected chi connectivity index (χ4v) is 5.81. The van der Waals surface area contributed by atoms with Crippen molar-refractivity contribution in [2.75, 3.05) is 0 Å². The zero-order valence-electron chi connectivity index (χ0n) is 20.5. The lowest BCUT2D eigenvalue weighted by molar-refractivity contribution is 1.04. The van der Waals surface area contributed by atoms with E-state index in [0.29, 0.717) is 0 Å². The minimum atomic E-state index is 0.821. The van der Waals surface area contributed by atoms with E-state index in [1.807, 2.05) is 6.20 Å². The predicted octanol–water partition coefficient (Wildman–Crippen LogP) is 8.34. The molecule has 0 aliphatic rings. The maximum atomic E-state index is 4.59. The van der Waals surface area contributed by atoms with Crippen molar-refractivity contribution >= 4 is 43.6 Å². The average Bonchev–Trinajstić information content (AvgIpc) is 3.50. The zero-order chi connectivity index (χ0) is 25.1. The third kappa shape index (κ3) is 3.04. The quantitative estimate of drug-likeness (QED) is 0.252. The minimum Gasteiger partial charge on any atom is -0.309 e. The topological polar surface area (TPSA) is 35.6 Å². The molecule has 8 rings (SSSR count). The number of hydrogen-bond donors (Lipinski definition) is 0. The van der Waals surface area contributed by atoms with E-state index >= 15 is 0 Å². The van der Waals surface area contributed by atoms with Crippen LogP contribution in [0.1, 0.15) is 0 Å². The largest absolute Gasteiger partial charge is 0.309 e. The van der Waals surface area contributed by atoms with Gasteiger partial charge in [-0.3, -0.25) is 9.55 Å². The highest BCUT2D eigenvalue weighted by molar-refractivity contribution is 6.12. The van der Waals surface area contributed by atoms with E-state index in [-0.39, 0.29) is 0 Å². The summed E-state index contributed by atoms with van der Waals surface area (Å²) in [6, 6.07) is 41.3. The van der Waals surface area contributed by atoms with Gasteiger partial charge in [-0.2, -0.15) is 0 Å². The molecule has 5 aromatic carbocycles. The smallest absolute Gasteiger partial charge is 0.156 e. The van der Waals surface area contributed by atoms with Gasteiger partial charge < -0.3 is 4.57 Å². The van der Waals surface area contributed by atoms with Gasteiger partial charge in [0.2, 0.25) is 0 Å². The maximum absolute atomic E-state index is 4.59. The Balaban J connectivity index is 1.36. The lowest BCUT2D eigenvalue weighted by Crippen LogP contribution is -1.97. The first-order valence-electron chi connectivity index (χ1n) is 12.8. The molecule has 38 heavy (non-hydrogen) atoms. The zero-order valence-corrected chi connectivity index (χ0v) is 20.5. The fraction of sp³-hybridized carbons (Fsp3) is 0. The van der Waals surface area contributed by atoms with Gasteiger partial charge in [-0.15, -0.1) is 0 Å². The van der Waals surface area contributed by atoms with Crippen LogP contribution in [0.15, 0.2) is 134 Å². The third-order valence-corrected chi connectivity index (χ3v) is 7.47. The van der Waals surface area contributed by atoms with E-state index in [2.05, 4.69) is 134 Å². The van der Waals surface area contributed by atoms with Crippen LogP contribution in [-0.2, 0) is 0 Å². The Labute approximate surface area is 219 Å². The molecule has 0 bridgehead atoms. The van der Waals surface area contributed by atoms with E-state index in [4.69, 9.17) is 0 Å². The van der Waals surface area contributed by atoms with Crippen molar-refractivity contribution in [2.45, 2.75) is 0 Å². The van der Waals surface area contributed by atoms with Crippen molar-refractivity contribution in [3.8, 4) is 22.6 Å². The summed E-state index contributed by atoms with van der Waals surface area (Å²) >= 11 is 0. The van der Waals surface area contributed by atoms with Crippen LogP contribution in [0.2, 0.25) is 0 Å². The first kappa shape index (κ1) is 20.9. The van der Waals surface area contributed by atoms with Gasteiger partial charge in [0.25, 0.3) is 0 Å². The highest BCUT2D eigenvalue weighted by Crippen LogP contribution is 2.37. The molecule has 3 aromatic heterocycles. The molecule has 0 atom stereocenters. The van der Waals surface area contributed by atoms with E-state index in [9.17, 15) is 0 Å². The number of fused-ring (bicyclic) bond motifs is 6. The van der Waals surface area contributed by atoms with E-state index in [1.165, 1.54) is 49.4 Å². The summed E-state index contributed by atoms with van der Waals surface area (Å²) in [4.78, 5) is 8.90. The van der Waals surface area contributed by atoms with Crippen LogP contribution in [0.5, 0.6) is 0 Å². The van der Waals surface area contributed by atoms with Crippen LogP contribution in [0, 0.1) is 0 Å². The molecule has 0 spiro atoms. The summed E-state index contributed by atoms with van der Waals surface area (Å²) in [6.07, 6.45) is 5.27. The monoisotopic (exact) mass is 486 g/mol. The molecule has 4 heteroatoms. The van der Waals surface area contributed by atoms with Crippen molar-refractivity contribution in [3.05, 3.63) is 134 Å². The van der Waals surface area contributed by atoms with Crippen LogP contribution < -0.4 is 0 Å². The number of para-hydroxylation sites is 3. The Morgan fingerprint density at radius 1 is 0.447 bits per heavy atom. The molecule has 3 heterocycles. The second kappa shape index (κ2) is 8.15. The highest BCUT2D eigenvalue weighted by atomic mass is 15.1. The van der Waals surface area contributed by atoms with Gasteiger partial charge >= 0.3 is 0 Å². The Bertz CT molecular complexity index is 1960. The molecule has 178 valence electrons. The molecular formula is C34H22N4. The molecule has 8 aromatic rings. The van der Waals surface area contributed by atoms with Crippen LogP contribution >= 0.6 is 0 Å². The first-order chi connectivity index (χ1) is 18.9. The van der Waals surface area contributed by atoms with Gasteiger partial charge in [0.15, 0.2) is 5.82 Å². The molecule has 0 N–H and O–H groups in total. The molecule has 0 amide bonds. The summed E-state index contributed by atoms with van der Waals surface area (Å²) < 4.78 is 4.55. The number of rotatable bonds is 3. The molecule has 0 saturated heterocycles. The summed E-state index contributed by atoms with van der Waals surface area (Å²) in [6.45, 7) is 0. The Morgan fingerprint density at radius 2 is 1.00 bits per heavy atom. The van der Waals surface area contributed by atoms with E-state index in [1.54, 1.807) is 12.4 Å². The lowest BCUT2D eigenvalue weighted by Gasteiger charge is -2.08. The number of benzene rings is 5. The molecule has 0 aliphatic carbocycles. The van der Waals surface area contributed by atoms with Gasteiger partial charge in [-0.05, 0) is 59.7 Å². The van der Waals surface area contributed by atoms with Crippen molar-refractivity contribution in [3.63, 3.8) is 0 Å². The van der Waals surface area contributed by atoms with Gasteiger partial charge in [-0.25, -0.2) is 4.98 Å². The predicted molar refractivity (Wildman–Crippen MR) is 156 cm³/mol. The Hall–Kier alpha value is -5.22. The second-order valence-corrected chi connectivity index (χ2v) is 9.57. The number of nitrogens with zero attached hydrogens (tertiary/aromatic N) is 4. The Morgan fingerprint density at radius 3 is 1.63 bits per heavy atom. The maximum Gasteiger partial charge on any atom is 0.156 e. The molecule has 0 radical (unpaired) electrons. The van der Waals surface area contributed by atoms with Crippen molar-refractivity contribution in [2.24, 2.45) is 0 Å². The number of hydrogen-bond acceptors (Lipinski definition) is 2. The first-order valence-corrected chi connectivity index (χ1v) is 12.8. The van der Waals surface area contributed by atoms with Gasteiger partial charge in [0, 0.05) is 39.6 Å². The summed E-state index contributed by atoms with van der Waals surface area (Å²) in [5, 5.41) is 4.92. The van der Waals surface area contributed by atoms with Crippen LogP contribution in [0.25, 0.3) is 66.2 Å². The lowest BCUT2D eigenvalue weighted by atomic mass is 10.0. The van der Waals surface area contributed by atoms with Crippen molar-refractivity contribution in [1.29, 1.82) is 0 Å². The number of aromatic nitrogens is 4. The standard InChI is InChI=1S/C34H22N4/c1-2-8-25(9-3-1)37-30-12-6-4-10-26(30)28-20-23(14-16-32(28)37)24-15-17-33-29(21-24)27-11-5-7-13-31(27)38(33)34-22-35-18-19-36-34/h1-22H. The normalized spacial score (nSPS) is 11.7. The van der Waals surface area contributed by atoms with Crippen LogP contribution in [-0.4, -0.2) is 19.1 Å². The molecule has 0 aliphatic heterocycles. The van der Waals surface area contributed by atoms with Gasteiger partial charge in [-0.1, -0.05) is 66.7 Å². The second-order valence-electron chi connectivity index (χ2n) is 9.57. The highest BCUT2D eigenvalue weighted by Gasteiger charge is 2.16. The summed E-state index contributed by atoms with van der Waals surface area (Å²) in [5.74, 6) is 0.821. The third-order valence-electron chi connectivity index (χ3n) is 7.47. The van der Waals surface area contributed by atoms with Gasteiger partial charge in [0.05, 0.1) is 28.3 Å². The average molecular weight is 487 g/mol. The summed E-state index contributed by atoms with van der Waals surface area (Å²) in [5.41, 5.74) is 8.24. The molecule has 0 unspecified atom stereocenters. The SMILES string of the molecule is c1ccc(-n2c3ccccc3c3cc(-c4ccc5c(c4)c4ccccc4n5-c4cnccn4)ccc32)cc1. The van der Waals surface area contributed by atoms with Crippen LogP contribution in [0.4, 0.5) is 0 Å². The van der Waals surface area contributed by atoms with Crippen molar-refractivity contribution in [1.82, 2.24) is 19.1 Å². The molecule has 0 fully saturated rings. The van der Waals surface area contributed by atoms with E-state index in [0.717, 1.165) is 16.9 Å². The van der Waals surface area contributed by atoms with E-state index < -0.39 is 0 Å². The van der Waals surface area contributed by atoms with Crippen molar-refractivity contribution < 1.29 is 0 Å². The summed E-state index contributed by atoms with van der Waals surface area (Å²) in [7, 11) is 0. The Kier molecular flexibility index (Phi) is 4.49. The van der Waals surface area contributed by atoms with Crippen LogP contribution in [0.3, 0.4) is 0 Å². The molecule has 4 nitrogen and oxygen atoms in total. The van der Waals surface area contributed by atoms with Gasteiger partial charge in [0.1, 0.15) is 0 Å². The fourth-order valence-electron chi connectivity index (χ4n) is 5.81. The molecular weight excluding hydrogens is 464 g/mol. The molecule has 0 saturated carbocycles.